The molecule has 0 aromatic carbocycles. The molecule has 2 rings (SSSR count). The van der Waals surface area contributed by atoms with E-state index in [9.17, 15) is 0 Å². The van der Waals surface area contributed by atoms with Crippen LogP contribution in [-0.2, 0) is 0 Å². The van der Waals surface area contributed by atoms with Gasteiger partial charge in [-0.3, -0.25) is 0 Å². The SMILES string of the molecule is CC1CCCC(CCN2CCNCC2)C1.Cl.Cl. The molecule has 1 aliphatic heterocycles. The molecule has 0 spiro atoms. The predicted octanol–water partition coefficient (Wildman–Crippen LogP) is 2.95. The van der Waals surface area contributed by atoms with Crippen molar-refractivity contribution in [3.05, 3.63) is 0 Å². The highest BCUT2D eigenvalue weighted by Gasteiger charge is 2.19. The van der Waals surface area contributed by atoms with Crippen molar-refractivity contribution >= 4 is 24.8 Å². The second-order valence-electron chi connectivity index (χ2n) is 5.52. The van der Waals surface area contributed by atoms with Crippen LogP contribution in [0.2, 0.25) is 0 Å². The van der Waals surface area contributed by atoms with Crippen molar-refractivity contribution in [2.75, 3.05) is 32.7 Å². The minimum absolute atomic E-state index is 0. The first kappa shape index (κ1) is 17.5. The van der Waals surface area contributed by atoms with Crippen LogP contribution < -0.4 is 5.32 Å². The van der Waals surface area contributed by atoms with E-state index in [1.807, 2.05) is 0 Å². The van der Waals surface area contributed by atoms with Crippen molar-refractivity contribution in [1.82, 2.24) is 10.2 Å². The molecule has 1 aliphatic carbocycles. The summed E-state index contributed by atoms with van der Waals surface area (Å²) in [6, 6.07) is 0. The van der Waals surface area contributed by atoms with Crippen LogP contribution in [0.3, 0.4) is 0 Å². The molecule has 1 saturated heterocycles. The van der Waals surface area contributed by atoms with Crippen molar-refractivity contribution in [1.29, 1.82) is 0 Å². The van der Waals surface area contributed by atoms with Crippen LogP contribution >= 0.6 is 24.8 Å². The third-order valence-corrected chi connectivity index (χ3v) is 4.11. The minimum Gasteiger partial charge on any atom is -0.314 e. The summed E-state index contributed by atoms with van der Waals surface area (Å²) in [5, 5.41) is 3.42. The van der Waals surface area contributed by atoms with E-state index in [-0.39, 0.29) is 24.8 Å². The first-order chi connectivity index (χ1) is 7.34. The lowest BCUT2D eigenvalue weighted by Crippen LogP contribution is -2.44. The van der Waals surface area contributed by atoms with Crippen LogP contribution in [-0.4, -0.2) is 37.6 Å². The van der Waals surface area contributed by atoms with Gasteiger partial charge >= 0.3 is 0 Å². The van der Waals surface area contributed by atoms with Gasteiger partial charge in [0.1, 0.15) is 0 Å². The quantitative estimate of drug-likeness (QED) is 0.856. The fourth-order valence-corrected chi connectivity index (χ4v) is 3.12. The van der Waals surface area contributed by atoms with Crippen molar-refractivity contribution in [3.8, 4) is 0 Å². The van der Waals surface area contributed by atoms with Crippen molar-refractivity contribution in [2.45, 2.75) is 39.0 Å². The molecule has 1 N–H and O–H groups in total. The Labute approximate surface area is 119 Å². The van der Waals surface area contributed by atoms with Gasteiger partial charge in [0.15, 0.2) is 0 Å². The van der Waals surface area contributed by atoms with E-state index in [0.29, 0.717) is 0 Å². The summed E-state index contributed by atoms with van der Waals surface area (Å²) in [4.78, 5) is 2.63. The van der Waals surface area contributed by atoms with E-state index in [1.54, 1.807) is 0 Å². The summed E-state index contributed by atoms with van der Waals surface area (Å²) < 4.78 is 0. The van der Waals surface area contributed by atoms with E-state index in [1.165, 1.54) is 64.8 Å². The monoisotopic (exact) mass is 282 g/mol. The average molecular weight is 283 g/mol. The number of hydrogen-bond acceptors (Lipinski definition) is 2. The van der Waals surface area contributed by atoms with Crippen LogP contribution in [0, 0.1) is 11.8 Å². The minimum atomic E-state index is 0. The summed E-state index contributed by atoms with van der Waals surface area (Å²) in [5.41, 5.74) is 0. The molecule has 1 saturated carbocycles. The largest absolute Gasteiger partial charge is 0.314 e. The third-order valence-electron chi connectivity index (χ3n) is 4.11. The van der Waals surface area contributed by atoms with Gasteiger partial charge < -0.3 is 10.2 Å². The Kier molecular flexibility index (Phi) is 9.71. The van der Waals surface area contributed by atoms with Crippen molar-refractivity contribution < 1.29 is 0 Å². The number of hydrogen-bond donors (Lipinski definition) is 1. The number of piperazine rings is 1. The molecule has 0 aromatic heterocycles. The standard InChI is InChI=1S/C13H26N2.2ClH/c1-12-3-2-4-13(11-12)5-8-15-9-6-14-7-10-15;;/h12-14H,2-11H2,1H3;2*1H. The van der Waals surface area contributed by atoms with Crippen LogP contribution in [0.4, 0.5) is 0 Å². The topological polar surface area (TPSA) is 15.3 Å². The van der Waals surface area contributed by atoms with Gasteiger partial charge in [0.05, 0.1) is 0 Å². The number of halogens is 2. The lowest BCUT2D eigenvalue weighted by atomic mass is 9.81. The average Bonchev–Trinajstić information content (AvgIpc) is 2.28. The molecule has 2 aliphatic rings. The fraction of sp³-hybridized carbons (Fsp3) is 1.00. The molecule has 0 aromatic rings. The Morgan fingerprint density at radius 3 is 2.47 bits per heavy atom. The number of nitrogens with one attached hydrogen (secondary N) is 1. The lowest BCUT2D eigenvalue weighted by Gasteiger charge is -2.31. The van der Waals surface area contributed by atoms with E-state index in [4.69, 9.17) is 0 Å². The molecular formula is C13H28Cl2N2. The Morgan fingerprint density at radius 1 is 1.12 bits per heavy atom. The van der Waals surface area contributed by atoms with E-state index in [2.05, 4.69) is 17.1 Å². The third kappa shape index (κ3) is 6.28. The fourth-order valence-electron chi connectivity index (χ4n) is 3.12. The molecule has 0 radical (unpaired) electrons. The molecule has 2 unspecified atom stereocenters. The summed E-state index contributed by atoms with van der Waals surface area (Å²) in [7, 11) is 0. The predicted molar refractivity (Wildman–Crippen MR) is 79.5 cm³/mol. The highest BCUT2D eigenvalue weighted by atomic mass is 35.5. The zero-order chi connectivity index (χ0) is 10.5. The lowest BCUT2D eigenvalue weighted by molar-refractivity contribution is 0.196. The molecule has 2 fully saturated rings. The van der Waals surface area contributed by atoms with Gasteiger partial charge in [0, 0.05) is 26.2 Å². The first-order valence-electron chi connectivity index (χ1n) is 6.77. The van der Waals surface area contributed by atoms with Gasteiger partial charge in [0.2, 0.25) is 0 Å². The van der Waals surface area contributed by atoms with E-state index in [0.717, 1.165) is 11.8 Å². The number of nitrogens with zero attached hydrogens (tertiary/aromatic N) is 1. The maximum atomic E-state index is 3.42. The second kappa shape index (κ2) is 9.43. The summed E-state index contributed by atoms with van der Waals surface area (Å²) >= 11 is 0. The van der Waals surface area contributed by atoms with Gasteiger partial charge in [-0.1, -0.05) is 26.2 Å². The van der Waals surface area contributed by atoms with Gasteiger partial charge in [-0.2, -0.15) is 0 Å². The Bertz CT molecular complexity index is 184. The highest BCUT2D eigenvalue weighted by Crippen LogP contribution is 2.30. The maximum absolute atomic E-state index is 3.42. The van der Waals surface area contributed by atoms with Gasteiger partial charge in [-0.15, -0.1) is 24.8 Å². The summed E-state index contributed by atoms with van der Waals surface area (Å²) in [6.45, 7) is 8.70. The zero-order valence-corrected chi connectivity index (χ0v) is 12.6. The molecule has 17 heavy (non-hydrogen) atoms. The molecular weight excluding hydrogens is 255 g/mol. The maximum Gasteiger partial charge on any atom is 0.0107 e. The first-order valence-corrected chi connectivity index (χ1v) is 6.77. The van der Waals surface area contributed by atoms with E-state index >= 15 is 0 Å². The smallest absolute Gasteiger partial charge is 0.0107 e. The molecule has 2 nitrogen and oxygen atoms in total. The number of rotatable bonds is 3. The molecule has 2 atom stereocenters. The van der Waals surface area contributed by atoms with Crippen molar-refractivity contribution in [2.24, 2.45) is 11.8 Å². The van der Waals surface area contributed by atoms with E-state index < -0.39 is 0 Å². The van der Waals surface area contributed by atoms with Crippen molar-refractivity contribution in [3.63, 3.8) is 0 Å². The molecule has 0 bridgehead atoms. The van der Waals surface area contributed by atoms with Gasteiger partial charge in [-0.05, 0) is 31.2 Å². The molecule has 0 amide bonds. The molecule has 4 heteroatoms. The molecule has 1 heterocycles. The Balaban J connectivity index is 0.00000128. The molecule has 104 valence electrons. The Hall–Kier alpha value is 0.500. The van der Waals surface area contributed by atoms with Crippen LogP contribution in [0.1, 0.15) is 39.0 Å². The normalized spacial score (nSPS) is 30.2. The zero-order valence-electron chi connectivity index (χ0n) is 11.0. The van der Waals surface area contributed by atoms with Crippen LogP contribution in [0.25, 0.3) is 0 Å². The van der Waals surface area contributed by atoms with Crippen LogP contribution in [0.15, 0.2) is 0 Å². The van der Waals surface area contributed by atoms with Gasteiger partial charge in [-0.25, -0.2) is 0 Å². The van der Waals surface area contributed by atoms with Crippen LogP contribution in [0.5, 0.6) is 0 Å². The second-order valence-corrected chi connectivity index (χ2v) is 5.52. The summed E-state index contributed by atoms with van der Waals surface area (Å²) in [5.74, 6) is 2.02. The van der Waals surface area contributed by atoms with Gasteiger partial charge in [0.25, 0.3) is 0 Å². The Morgan fingerprint density at radius 2 is 1.82 bits per heavy atom. The highest BCUT2D eigenvalue weighted by molar-refractivity contribution is 5.85. The summed E-state index contributed by atoms with van der Waals surface area (Å²) in [6.07, 6.45) is 7.39.